The molecule has 0 bridgehead atoms. The lowest BCUT2D eigenvalue weighted by molar-refractivity contribution is -0.125. The van der Waals surface area contributed by atoms with Crippen molar-refractivity contribution < 1.29 is 9.53 Å². The molecule has 2 nitrogen and oxygen atoms in total. The molecule has 1 atom stereocenters. The molecule has 82 valence electrons. The molecule has 0 aromatic heterocycles. The van der Waals surface area contributed by atoms with Gasteiger partial charge in [-0.05, 0) is 40.0 Å². The van der Waals surface area contributed by atoms with Crippen LogP contribution in [0.2, 0.25) is 0 Å². The Morgan fingerprint density at radius 3 is 2.64 bits per heavy atom. The molecule has 1 saturated carbocycles. The maximum Gasteiger partial charge on any atom is 0.136 e. The summed E-state index contributed by atoms with van der Waals surface area (Å²) in [5, 5.41) is 0. The van der Waals surface area contributed by atoms with Crippen LogP contribution >= 0.6 is 0 Å². The van der Waals surface area contributed by atoms with Gasteiger partial charge in [-0.1, -0.05) is 6.42 Å². The Bertz CT molecular complexity index is 191. The summed E-state index contributed by atoms with van der Waals surface area (Å²) in [7, 11) is 0. The van der Waals surface area contributed by atoms with Crippen LogP contribution in [0, 0.1) is 5.92 Å². The number of rotatable bonds is 3. The van der Waals surface area contributed by atoms with Gasteiger partial charge in [0.1, 0.15) is 5.78 Å². The van der Waals surface area contributed by atoms with Crippen LogP contribution < -0.4 is 0 Å². The van der Waals surface area contributed by atoms with Crippen molar-refractivity contribution in [2.24, 2.45) is 5.92 Å². The first-order valence-corrected chi connectivity index (χ1v) is 5.66. The van der Waals surface area contributed by atoms with Gasteiger partial charge >= 0.3 is 0 Å². The van der Waals surface area contributed by atoms with E-state index in [-0.39, 0.29) is 11.5 Å². The molecule has 1 fully saturated rings. The largest absolute Gasteiger partial charge is 0.376 e. The molecule has 0 radical (unpaired) electrons. The molecule has 0 aromatic carbocycles. The third kappa shape index (κ3) is 4.23. The molecular formula is C12H22O2. The third-order valence-corrected chi connectivity index (χ3v) is 2.68. The topological polar surface area (TPSA) is 26.3 Å². The molecule has 0 aliphatic heterocycles. The van der Waals surface area contributed by atoms with Crippen LogP contribution in [0.1, 0.15) is 52.9 Å². The van der Waals surface area contributed by atoms with Gasteiger partial charge in [0, 0.05) is 18.9 Å². The molecule has 1 rings (SSSR count). The van der Waals surface area contributed by atoms with Crippen LogP contribution in [0.4, 0.5) is 0 Å². The average Bonchev–Trinajstić information content (AvgIpc) is 2.06. The third-order valence-electron chi connectivity index (χ3n) is 2.68. The van der Waals surface area contributed by atoms with Crippen LogP contribution in [0.3, 0.4) is 0 Å². The summed E-state index contributed by atoms with van der Waals surface area (Å²) in [6.07, 6.45) is 5.09. The molecule has 0 N–H and O–H groups in total. The zero-order chi connectivity index (χ0) is 10.6. The molecule has 1 unspecified atom stereocenters. The fourth-order valence-electron chi connectivity index (χ4n) is 1.87. The second kappa shape index (κ2) is 4.92. The Balaban J connectivity index is 2.20. The maximum absolute atomic E-state index is 11.5. The highest BCUT2D eigenvalue weighted by Gasteiger charge is 2.22. The lowest BCUT2D eigenvalue weighted by atomic mass is 9.86. The predicted molar refractivity (Wildman–Crippen MR) is 57.3 cm³/mol. The smallest absolute Gasteiger partial charge is 0.136 e. The second-order valence-corrected chi connectivity index (χ2v) is 5.16. The molecular weight excluding hydrogens is 176 g/mol. The number of ether oxygens (including phenoxy) is 1. The molecule has 0 saturated heterocycles. The molecule has 1 aliphatic rings. The van der Waals surface area contributed by atoms with Crippen molar-refractivity contribution in [1.82, 2.24) is 0 Å². The highest BCUT2D eigenvalue weighted by Crippen LogP contribution is 2.23. The van der Waals surface area contributed by atoms with Gasteiger partial charge in [0.2, 0.25) is 0 Å². The predicted octanol–water partition coefficient (Wildman–Crippen LogP) is 2.95. The van der Waals surface area contributed by atoms with Crippen molar-refractivity contribution >= 4 is 5.78 Å². The standard InChI is InChI=1S/C12H22O2/c1-12(2,3)14-9-8-10-6-4-5-7-11(10)13/h10H,4-9H2,1-3H3. The minimum atomic E-state index is -0.0717. The second-order valence-electron chi connectivity index (χ2n) is 5.16. The molecule has 14 heavy (non-hydrogen) atoms. The minimum Gasteiger partial charge on any atom is -0.376 e. The van der Waals surface area contributed by atoms with Crippen molar-refractivity contribution in [1.29, 1.82) is 0 Å². The van der Waals surface area contributed by atoms with E-state index in [0.29, 0.717) is 5.78 Å². The lowest BCUT2D eigenvalue weighted by Gasteiger charge is -2.24. The van der Waals surface area contributed by atoms with Gasteiger partial charge in [0.15, 0.2) is 0 Å². The number of Topliss-reactive ketones (excluding diaryl/α,β-unsaturated/α-hetero) is 1. The Morgan fingerprint density at radius 2 is 2.07 bits per heavy atom. The molecule has 0 heterocycles. The molecule has 0 spiro atoms. The zero-order valence-corrected chi connectivity index (χ0v) is 9.64. The summed E-state index contributed by atoms with van der Waals surface area (Å²) >= 11 is 0. The number of carbonyl (C=O) groups excluding carboxylic acids is 1. The van der Waals surface area contributed by atoms with Crippen molar-refractivity contribution in [2.75, 3.05) is 6.61 Å². The van der Waals surface area contributed by atoms with Gasteiger partial charge < -0.3 is 4.74 Å². The van der Waals surface area contributed by atoms with Crippen molar-refractivity contribution in [3.63, 3.8) is 0 Å². The van der Waals surface area contributed by atoms with E-state index in [1.807, 2.05) is 0 Å². The van der Waals surface area contributed by atoms with Crippen LogP contribution in [0.25, 0.3) is 0 Å². The molecule has 0 aromatic rings. The van der Waals surface area contributed by atoms with Crippen molar-refractivity contribution in [3.8, 4) is 0 Å². The van der Waals surface area contributed by atoms with Crippen LogP contribution in [0.15, 0.2) is 0 Å². The van der Waals surface area contributed by atoms with Crippen LogP contribution in [-0.2, 0) is 9.53 Å². The molecule has 1 aliphatic carbocycles. The van der Waals surface area contributed by atoms with Crippen LogP contribution in [0.5, 0.6) is 0 Å². The highest BCUT2D eigenvalue weighted by molar-refractivity contribution is 5.81. The Kier molecular flexibility index (Phi) is 4.11. The first-order valence-electron chi connectivity index (χ1n) is 5.66. The number of carbonyl (C=O) groups is 1. The van der Waals surface area contributed by atoms with Gasteiger partial charge in [-0.15, -0.1) is 0 Å². The fraction of sp³-hybridized carbons (Fsp3) is 0.917. The Labute approximate surface area is 87.0 Å². The molecule has 0 amide bonds. The van der Waals surface area contributed by atoms with E-state index in [1.54, 1.807) is 0 Å². The normalized spacial score (nSPS) is 23.9. The Hall–Kier alpha value is -0.370. The van der Waals surface area contributed by atoms with Gasteiger partial charge in [-0.2, -0.15) is 0 Å². The van der Waals surface area contributed by atoms with E-state index in [2.05, 4.69) is 20.8 Å². The van der Waals surface area contributed by atoms with E-state index in [0.717, 1.165) is 32.3 Å². The first-order chi connectivity index (χ1) is 6.49. The van der Waals surface area contributed by atoms with E-state index < -0.39 is 0 Å². The quantitative estimate of drug-likeness (QED) is 0.697. The fourth-order valence-corrected chi connectivity index (χ4v) is 1.87. The Morgan fingerprint density at radius 1 is 1.36 bits per heavy atom. The first kappa shape index (κ1) is 11.7. The van der Waals surface area contributed by atoms with E-state index in [1.165, 1.54) is 6.42 Å². The highest BCUT2D eigenvalue weighted by atomic mass is 16.5. The van der Waals surface area contributed by atoms with Gasteiger partial charge in [-0.3, -0.25) is 4.79 Å². The van der Waals surface area contributed by atoms with E-state index in [9.17, 15) is 4.79 Å². The van der Waals surface area contributed by atoms with Crippen molar-refractivity contribution in [3.05, 3.63) is 0 Å². The average molecular weight is 198 g/mol. The summed E-state index contributed by atoms with van der Waals surface area (Å²) in [5.41, 5.74) is -0.0717. The summed E-state index contributed by atoms with van der Waals surface area (Å²) in [4.78, 5) is 11.5. The van der Waals surface area contributed by atoms with Crippen LogP contribution in [-0.4, -0.2) is 18.0 Å². The van der Waals surface area contributed by atoms with Gasteiger partial charge in [0.05, 0.1) is 5.60 Å². The van der Waals surface area contributed by atoms with Gasteiger partial charge in [-0.25, -0.2) is 0 Å². The van der Waals surface area contributed by atoms with E-state index >= 15 is 0 Å². The number of ketones is 1. The minimum absolute atomic E-state index is 0.0717. The summed E-state index contributed by atoms with van der Waals surface area (Å²) in [6, 6.07) is 0. The van der Waals surface area contributed by atoms with E-state index in [4.69, 9.17) is 4.74 Å². The molecule has 2 heteroatoms. The van der Waals surface area contributed by atoms with Crippen molar-refractivity contribution in [2.45, 2.75) is 58.5 Å². The number of hydrogen-bond donors (Lipinski definition) is 0. The lowest BCUT2D eigenvalue weighted by Crippen LogP contribution is -2.24. The zero-order valence-electron chi connectivity index (χ0n) is 9.64. The monoisotopic (exact) mass is 198 g/mol. The maximum atomic E-state index is 11.5. The van der Waals surface area contributed by atoms with Gasteiger partial charge in [0.25, 0.3) is 0 Å². The summed E-state index contributed by atoms with van der Waals surface area (Å²) in [6.45, 7) is 6.88. The summed E-state index contributed by atoms with van der Waals surface area (Å²) in [5.74, 6) is 0.736. The number of hydrogen-bond acceptors (Lipinski definition) is 2. The summed E-state index contributed by atoms with van der Waals surface area (Å²) < 4.78 is 5.63. The SMILES string of the molecule is CC(C)(C)OCCC1CCCCC1=O.